The average molecular weight is 431 g/mol. The highest BCUT2D eigenvalue weighted by atomic mass is 32.2. The Morgan fingerprint density at radius 2 is 2.03 bits per heavy atom. The van der Waals surface area contributed by atoms with Crippen LogP contribution in [0.2, 0.25) is 0 Å². The quantitative estimate of drug-likeness (QED) is 0.612. The van der Waals surface area contributed by atoms with Gasteiger partial charge in [-0.1, -0.05) is 0 Å². The first-order valence-electron chi connectivity index (χ1n) is 9.36. The maximum absolute atomic E-state index is 12.6. The fourth-order valence-corrected chi connectivity index (χ4v) is 4.93. The number of carbonyl (C=O) groups excluding carboxylic acids is 1. The highest BCUT2D eigenvalue weighted by molar-refractivity contribution is 7.99. The van der Waals surface area contributed by atoms with Crippen molar-refractivity contribution >= 4 is 50.6 Å². The van der Waals surface area contributed by atoms with Crippen LogP contribution in [0.4, 0.5) is 11.4 Å². The largest absolute Gasteiger partial charge is 0.377 e. The third-order valence-corrected chi connectivity index (χ3v) is 7.13. The second kappa shape index (κ2) is 8.59. The molecule has 2 N–H and O–H groups in total. The van der Waals surface area contributed by atoms with Gasteiger partial charge in [-0.2, -0.15) is 0 Å². The van der Waals surface area contributed by atoms with Gasteiger partial charge in [-0.15, -0.1) is 23.1 Å². The van der Waals surface area contributed by atoms with Crippen LogP contribution in [0.15, 0.2) is 23.0 Å². The van der Waals surface area contributed by atoms with E-state index >= 15 is 0 Å². The van der Waals surface area contributed by atoms with Crippen LogP contribution >= 0.6 is 23.1 Å². The molecule has 1 unspecified atom stereocenters. The summed E-state index contributed by atoms with van der Waals surface area (Å²) >= 11 is 2.98. The van der Waals surface area contributed by atoms with Crippen molar-refractivity contribution in [3.63, 3.8) is 0 Å². The number of hydrogen-bond donors (Lipinski definition) is 2. The molecule has 0 aliphatic rings. The third-order valence-electron chi connectivity index (χ3n) is 4.87. The van der Waals surface area contributed by atoms with Crippen LogP contribution in [-0.4, -0.2) is 35.2 Å². The molecule has 0 spiro atoms. The number of aromatic nitrogens is 2. The van der Waals surface area contributed by atoms with Gasteiger partial charge in [0, 0.05) is 30.3 Å². The highest BCUT2D eigenvalue weighted by Gasteiger charge is 2.17. The van der Waals surface area contributed by atoms with Crippen LogP contribution in [0, 0.1) is 20.8 Å². The van der Waals surface area contributed by atoms with Crippen LogP contribution in [0.25, 0.3) is 10.2 Å². The second-order valence-corrected chi connectivity index (χ2v) is 9.85. The van der Waals surface area contributed by atoms with E-state index < -0.39 is 0 Å². The van der Waals surface area contributed by atoms with Crippen molar-refractivity contribution in [1.82, 2.24) is 9.97 Å². The third kappa shape index (κ3) is 4.64. The van der Waals surface area contributed by atoms with Crippen LogP contribution in [0.1, 0.15) is 28.8 Å². The summed E-state index contributed by atoms with van der Waals surface area (Å²) in [5.41, 5.74) is 3.88. The van der Waals surface area contributed by atoms with Gasteiger partial charge in [-0.25, -0.2) is 4.98 Å². The van der Waals surface area contributed by atoms with E-state index in [1.54, 1.807) is 0 Å². The smallest absolute Gasteiger partial charge is 0.259 e. The van der Waals surface area contributed by atoms with Gasteiger partial charge in [0.25, 0.3) is 5.56 Å². The molecule has 1 atom stereocenters. The van der Waals surface area contributed by atoms with Crippen molar-refractivity contribution in [1.29, 1.82) is 0 Å². The van der Waals surface area contributed by atoms with Crippen molar-refractivity contribution in [2.75, 3.05) is 24.3 Å². The molecule has 0 radical (unpaired) electrons. The molecular weight excluding hydrogens is 404 g/mol. The van der Waals surface area contributed by atoms with E-state index in [9.17, 15) is 9.59 Å². The maximum Gasteiger partial charge on any atom is 0.259 e. The highest BCUT2D eigenvalue weighted by Crippen LogP contribution is 2.27. The van der Waals surface area contributed by atoms with Gasteiger partial charge in [-0.3, -0.25) is 9.59 Å². The number of aromatic amines is 1. The van der Waals surface area contributed by atoms with E-state index in [0.717, 1.165) is 32.2 Å². The Bertz CT molecular complexity index is 1120. The molecule has 0 aliphatic heterocycles. The van der Waals surface area contributed by atoms with Crippen molar-refractivity contribution in [3.05, 3.63) is 50.4 Å². The Balaban J connectivity index is 1.65. The number of nitrogens with zero attached hydrogens (tertiary/aromatic N) is 2. The number of carbonyl (C=O) groups is 1. The maximum atomic E-state index is 12.6. The summed E-state index contributed by atoms with van der Waals surface area (Å²) in [5.74, 6) is 0.992. The van der Waals surface area contributed by atoms with Crippen molar-refractivity contribution in [3.8, 4) is 0 Å². The van der Waals surface area contributed by atoms with E-state index in [1.807, 2.05) is 64.9 Å². The van der Waals surface area contributed by atoms with E-state index in [2.05, 4.69) is 15.3 Å². The molecule has 0 saturated heterocycles. The van der Waals surface area contributed by atoms with Gasteiger partial charge in [0.1, 0.15) is 10.7 Å². The number of thioether (sulfide) groups is 1. The molecule has 1 amide bonds. The molecule has 29 heavy (non-hydrogen) atoms. The van der Waals surface area contributed by atoms with Crippen molar-refractivity contribution in [2.24, 2.45) is 0 Å². The average Bonchev–Trinajstić information content (AvgIpc) is 2.93. The molecule has 2 heterocycles. The summed E-state index contributed by atoms with van der Waals surface area (Å²) in [5, 5.41) is 3.36. The molecule has 0 saturated carbocycles. The molecule has 154 valence electrons. The SMILES string of the molecule is Cc1cc(NC(=O)C(C)SCc2nc3sc(C)c(C)c3c(=O)[nH]2)ccc1N(C)C. The summed E-state index contributed by atoms with van der Waals surface area (Å²) in [6.45, 7) is 7.82. The topological polar surface area (TPSA) is 78.1 Å². The zero-order valence-electron chi connectivity index (χ0n) is 17.5. The standard InChI is InChI=1S/C21H26N4O2S2/c1-11-9-15(7-8-16(11)25(5)6)22-19(26)14(4)28-10-17-23-20(27)18-12(2)13(3)29-21(18)24-17/h7-9,14H,10H2,1-6H3,(H,22,26)(H,23,24,27). The van der Waals surface area contributed by atoms with Crippen LogP contribution < -0.4 is 15.8 Å². The number of hydrogen-bond acceptors (Lipinski definition) is 6. The Kier molecular flexibility index (Phi) is 6.33. The number of fused-ring (bicyclic) bond motifs is 1. The second-order valence-electron chi connectivity index (χ2n) is 7.31. The first-order chi connectivity index (χ1) is 13.7. The normalized spacial score (nSPS) is 12.2. The zero-order chi connectivity index (χ0) is 21.3. The number of thiophene rings is 1. The van der Waals surface area contributed by atoms with Gasteiger partial charge in [0.2, 0.25) is 5.91 Å². The Labute approximate surface area is 178 Å². The predicted molar refractivity (Wildman–Crippen MR) is 125 cm³/mol. The summed E-state index contributed by atoms with van der Waals surface area (Å²) < 4.78 is 0. The molecule has 0 aliphatic carbocycles. The van der Waals surface area contributed by atoms with E-state index in [4.69, 9.17) is 0 Å². The Morgan fingerprint density at radius 1 is 1.31 bits per heavy atom. The number of benzene rings is 1. The number of rotatable bonds is 6. The van der Waals surface area contributed by atoms with Crippen LogP contribution in [-0.2, 0) is 10.5 Å². The molecule has 3 aromatic rings. The lowest BCUT2D eigenvalue weighted by molar-refractivity contribution is -0.115. The molecule has 1 aromatic carbocycles. The van der Waals surface area contributed by atoms with Gasteiger partial charge in [0.05, 0.1) is 16.4 Å². The number of nitrogens with one attached hydrogen (secondary N) is 2. The van der Waals surface area contributed by atoms with Gasteiger partial charge in [0.15, 0.2) is 0 Å². The first-order valence-corrected chi connectivity index (χ1v) is 11.2. The fourth-order valence-electron chi connectivity index (χ4n) is 3.13. The summed E-state index contributed by atoms with van der Waals surface area (Å²) in [6, 6.07) is 5.88. The number of H-pyrrole nitrogens is 1. The van der Waals surface area contributed by atoms with E-state index in [-0.39, 0.29) is 16.7 Å². The minimum Gasteiger partial charge on any atom is -0.377 e. The van der Waals surface area contributed by atoms with Crippen molar-refractivity contribution in [2.45, 2.75) is 38.7 Å². The van der Waals surface area contributed by atoms with Crippen molar-refractivity contribution < 1.29 is 4.79 Å². The lowest BCUT2D eigenvalue weighted by Crippen LogP contribution is -2.23. The molecule has 0 bridgehead atoms. The molecule has 6 nitrogen and oxygen atoms in total. The van der Waals surface area contributed by atoms with Gasteiger partial charge < -0.3 is 15.2 Å². The number of anilines is 2. The molecule has 3 rings (SSSR count). The molecule has 2 aromatic heterocycles. The lowest BCUT2D eigenvalue weighted by Gasteiger charge is -2.17. The Hall–Kier alpha value is -2.32. The zero-order valence-corrected chi connectivity index (χ0v) is 19.2. The molecular formula is C21H26N4O2S2. The van der Waals surface area contributed by atoms with E-state index in [0.29, 0.717) is 17.0 Å². The summed E-state index contributed by atoms with van der Waals surface area (Å²) in [6.07, 6.45) is 0. The Morgan fingerprint density at radius 3 is 2.69 bits per heavy atom. The van der Waals surface area contributed by atoms with Gasteiger partial charge >= 0.3 is 0 Å². The van der Waals surface area contributed by atoms with Gasteiger partial charge in [-0.05, 0) is 57.0 Å². The predicted octanol–water partition coefficient (Wildman–Crippen LogP) is 4.24. The number of aryl methyl sites for hydroxylation is 3. The summed E-state index contributed by atoms with van der Waals surface area (Å²) in [7, 11) is 3.99. The lowest BCUT2D eigenvalue weighted by atomic mass is 10.1. The van der Waals surface area contributed by atoms with Crippen LogP contribution in [0.3, 0.4) is 0 Å². The molecule has 0 fully saturated rings. The minimum absolute atomic E-state index is 0.0711. The minimum atomic E-state index is -0.281. The fraction of sp³-hybridized carbons (Fsp3) is 0.381. The van der Waals surface area contributed by atoms with Crippen LogP contribution in [0.5, 0.6) is 0 Å². The molecule has 8 heteroatoms. The monoisotopic (exact) mass is 430 g/mol. The first kappa shape index (κ1) is 21.4. The number of amides is 1. The summed E-state index contributed by atoms with van der Waals surface area (Å²) in [4.78, 5) is 36.3. The van der Waals surface area contributed by atoms with E-state index in [1.165, 1.54) is 23.1 Å².